The third-order valence-electron chi connectivity index (χ3n) is 4.34. The van der Waals surface area contributed by atoms with Crippen LogP contribution in [0.3, 0.4) is 0 Å². The largest absolute Gasteiger partial charge is 0.394 e. The van der Waals surface area contributed by atoms with Crippen LogP contribution in [0.15, 0.2) is 72.8 Å². The van der Waals surface area contributed by atoms with Crippen molar-refractivity contribution in [2.75, 3.05) is 6.61 Å². The lowest BCUT2D eigenvalue weighted by molar-refractivity contribution is 0.0113. The van der Waals surface area contributed by atoms with Gasteiger partial charge in [0.25, 0.3) is 0 Å². The third kappa shape index (κ3) is 4.78. The molecule has 3 nitrogen and oxygen atoms in total. The number of hydrogen-bond donors (Lipinski definition) is 2. The lowest BCUT2D eigenvalue weighted by atomic mass is 10.0. The summed E-state index contributed by atoms with van der Waals surface area (Å²) in [5.74, 6) is 0. The maximum absolute atomic E-state index is 10.4. The van der Waals surface area contributed by atoms with Gasteiger partial charge >= 0.3 is 0 Å². The van der Waals surface area contributed by atoms with Gasteiger partial charge in [0, 0.05) is 12.6 Å². The summed E-state index contributed by atoms with van der Waals surface area (Å²) in [7, 11) is 0. The van der Waals surface area contributed by atoms with Gasteiger partial charge in [-0.05, 0) is 25.0 Å². The van der Waals surface area contributed by atoms with Crippen LogP contribution in [-0.2, 0) is 6.54 Å². The van der Waals surface area contributed by atoms with E-state index in [1.54, 1.807) is 0 Å². The Balaban J connectivity index is 2.35. The number of aliphatic hydroxyl groups excluding tert-OH is 2. The highest BCUT2D eigenvalue weighted by molar-refractivity contribution is 5.21. The van der Waals surface area contributed by atoms with Crippen molar-refractivity contribution in [1.82, 2.24) is 4.90 Å². The van der Waals surface area contributed by atoms with Crippen LogP contribution >= 0.6 is 0 Å². The minimum Gasteiger partial charge on any atom is -0.394 e. The molecule has 0 fully saturated rings. The Morgan fingerprint density at radius 1 is 1.00 bits per heavy atom. The summed E-state index contributed by atoms with van der Waals surface area (Å²) in [6.45, 7) is 4.51. The van der Waals surface area contributed by atoms with Gasteiger partial charge in [-0.1, -0.05) is 72.8 Å². The summed E-state index contributed by atoms with van der Waals surface area (Å²) < 4.78 is 0. The number of hydrogen-bond acceptors (Lipinski definition) is 3. The Hall–Kier alpha value is -1.94. The van der Waals surface area contributed by atoms with Crippen LogP contribution in [0.25, 0.3) is 0 Å². The molecule has 2 N–H and O–H groups in total. The number of aliphatic hydroxyl groups is 2. The topological polar surface area (TPSA) is 43.7 Å². The van der Waals surface area contributed by atoms with Crippen LogP contribution in [0, 0.1) is 0 Å². The molecular formula is C21H27NO2. The highest BCUT2D eigenvalue weighted by atomic mass is 16.3. The van der Waals surface area contributed by atoms with E-state index in [4.69, 9.17) is 0 Å². The molecule has 0 saturated heterocycles. The predicted octanol–water partition coefficient (Wildman–Crippen LogP) is 3.55. The fourth-order valence-electron chi connectivity index (χ4n) is 2.98. The van der Waals surface area contributed by atoms with Gasteiger partial charge in [0.15, 0.2) is 0 Å². The van der Waals surface area contributed by atoms with E-state index in [-0.39, 0.29) is 18.7 Å². The van der Waals surface area contributed by atoms with Gasteiger partial charge in [-0.3, -0.25) is 4.90 Å². The highest BCUT2D eigenvalue weighted by Crippen LogP contribution is 2.26. The molecule has 128 valence electrons. The van der Waals surface area contributed by atoms with Gasteiger partial charge in [-0.15, -0.1) is 0 Å². The molecule has 0 saturated carbocycles. The van der Waals surface area contributed by atoms with Crippen molar-refractivity contribution in [1.29, 1.82) is 0 Å². The van der Waals surface area contributed by atoms with Crippen molar-refractivity contribution >= 4 is 0 Å². The molecule has 0 bridgehead atoms. The van der Waals surface area contributed by atoms with Crippen molar-refractivity contribution in [3.05, 3.63) is 83.9 Å². The zero-order valence-electron chi connectivity index (χ0n) is 14.4. The summed E-state index contributed by atoms with van der Waals surface area (Å²) in [6.07, 6.45) is 3.07. The standard InChI is InChI=1S/C21H27NO2/c1-3-10-20(21(24)16-23)22(15-18-11-6-4-7-12-18)17(2)19-13-8-5-9-14-19/h3-14,17,20-21,23-24H,15-16H2,1-2H3/b10-3+/t17-,20-,21+/m1/s1. The first-order valence-electron chi connectivity index (χ1n) is 8.43. The molecule has 24 heavy (non-hydrogen) atoms. The molecule has 0 amide bonds. The van der Waals surface area contributed by atoms with E-state index >= 15 is 0 Å². The van der Waals surface area contributed by atoms with E-state index in [0.29, 0.717) is 6.54 Å². The lowest BCUT2D eigenvalue weighted by Gasteiger charge is -2.37. The van der Waals surface area contributed by atoms with Crippen LogP contribution < -0.4 is 0 Å². The van der Waals surface area contributed by atoms with E-state index in [1.165, 1.54) is 11.1 Å². The summed E-state index contributed by atoms with van der Waals surface area (Å²) in [5, 5.41) is 19.8. The van der Waals surface area contributed by atoms with Gasteiger partial charge < -0.3 is 10.2 Å². The highest BCUT2D eigenvalue weighted by Gasteiger charge is 2.28. The van der Waals surface area contributed by atoms with E-state index in [0.717, 1.165) is 0 Å². The van der Waals surface area contributed by atoms with Gasteiger partial charge in [-0.25, -0.2) is 0 Å². The first-order valence-corrected chi connectivity index (χ1v) is 8.43. The maximum atomic E-state index is 10.4. The van der Waals surface area contributed by atoms with Crippen LogP contribution in [0.4, 0.5) is 0 Å². The molecule has 2 aromatic carbocycles. The number of benzene rings is 2. The van der Waals surface area contributed by atoms with E-state index in [2.05, 4.69) is 36.1 Å². The molecule has 0 aliphatic heterocycles. The summed E-state index contributed by atoms with van der Waals surface area (Å²) in [4.78, 5) is 2.23. The normalized spacial score (nSPS) is 15.5. The van der Waals surface area contributed by atoms with Crippen molar-refractivity contribution < 1.29 is 10.2 Å². The summed E-state index contributed by atoms with van der Waals surface area (Å²) in [5.41, 5.74) is 2.37. The Kier molecular flexibility index (Phi) is 7.19. The Labute approximate surface area is 144 Å². The Bertz CT molecular complexity index is 612. The van der Waals surface area contributed by atoms with Crippen molar-refractivity contribution in [2.24, 2.45) is 0 Å². The SMILES string of the molecule is C/C=C/[C@H]([C@@H](O)CO)N(Cc1ccccc1)[C@H](C)c1ccccc1. The zero-order chi connectivity index (χ0) is 17.4. The van der Waals surface area contributed by atoms with Crippen LogP contribution in [0.1, 0.15) is 31.0 Å². The third-order valence-corrected chi connectivity index (χ3v) is 4.34. The zero-order valence-corrected chi connectivity index (χ0v) is 14.4. The summed E-state index contributed by atoms with van der Waals surface area (Å²) in [6, 6.07) is 20.3. The molecule has 0 aromatic heterocycles. The van der Waals surface area contributed by atoms with Crippen molar-refractivity contribution in [2.45, 2.75) is 38.6 Å². The van der Waals surface area contributed by atoms with Gasteiger partial charge in [-0.2, -0.15) is 0 Å². The molecular weight excluding hydrogens is 298 g/mol. The summed E-state index contributed by atoms with van der Waals surface area (Å²) >= 11 is 0. The van der Waals surface area contributed by atoms with E-state index in [9.17, 15) is 10.2 Å². The fourth-order valence-corrected chi connectivity index (χ4v) is 2.98. The lowest BCUT2D eigenvalue weighted by Crippen LogP contribution is -2.44. The minimum atomic E-state index is -0.823. The Morgan fingerprint density at radius 3 is 2.12 bits per heavy atom. The van der Waals surface area contributed by atoms with Gasteiger partial charge in [0.2, 0.25) is 0 Å². The molecule has 0 aliphatic carbocycles. The van der Waals surface area contributed by atoms with E-state index < -0.39 is 6.10 Å². The quantitative estimate of drug-likeness (QED) is 0.730. The maximum Gasteiger partial charge on any atom is 0.0961 e. The van der Waals surface area contributed by atoms with Gasteiger partial charge in [0.05, 0.1) is 18.8 Å². The molecule has 3 heteroatoms. The molecule has 2 aromatic rings. The van der Waals surface area contributed by atoms with Crippen molar-refractivity contribution in [3.8, 4) is 0 Å². The van der Waals surface area contributed by atoms with Crippen LogP contribution in [0.2, 0.25) is 0 Å². The average molecular weight is 325 g/mol. The first kappa shape index (κ1) is 18.4. The molecule has 0 heterocycles. The predicted molar refractivity (Wildman–Crippen MR) is 98.5 cm³/mol. The second-order valence-corrected chi connectivity index (χ2v) is 6.01. The van der Waals surface area contributed by atoms with Crippen LogP contribution in [-0.4, -0.2) is 33.9 Å². The number of rotatable bonds is 8. The Morgan fingerprint density at radius 2 is 1.58 bits per heavy atom. The smallest absolute Gasteiger partial charge is 0.0961 e. The number of allylic oxidation sites excluding steroid dienone is 1. The molecule has 3 atom stereocenters. The molecule has 0 spiro atoms. The fraction of sp³-hybridized carbons (Fsp3) is 0.333. The monoisotopic (exact) mass is 325 g/mol. The molecule has 0 unspecified atom stereocenters. The second kappa shape index (κ2) is 9.38. The first-order chi connectivity index (χ1) is 11.7. The second-order valence-electron chi connectivity index (χ2n) is 6.01. The molecule has 2 rings (SSSR count). The van der Waals surface area contributed by atoms with Gasteiger partial charge in [0.1, 0.15) is 0 Å². The average Bonchev–Trinajstić information content (AvgIpc) is 2.65. The molecule has 0 radical (unpaired) electrons. The molecule has 0 aliphatic rings. The number of nitrogens with zero attached hydrogens (tertiary/aromatic N) is 1. The minimum absolute atomic E-state index is 0.105. The van der Waals surface area contributed by atoms with E-state index in [1.807, 2.05) is 55.5 Å². The van der Waals surface area contributed by atoms with Crippen LogP contribution in [0.5, 0.6) is 0 Å². The van der Waals surface area contributed by atoms with Crippen molar-refractivity contribution in [3.63, 3.8) is 0 Å².